The first-order valence-electron chi connectivity index (χ1n) is 7.64. The van der Waals surface area contributed by atoms with Crippen LogP contribution >= 0.6 is 0 Å². The molecule has 0 aliphatic carbocycles. The van der Waals surface area contributed by atoms with Gasteiger partial charge in [0.2, 0.25) is 0 Å². The highest BCUT2D eigenvalue weighted by atomic mass is 16.4. The summed E-state index contributed by atoms with van der Waals surface area (Å²) in [6.07, 6.45) is 12.0. The van der Waals surface area contributed by atoms with Crippen molar-refractivity contribution in [1.82, 2.24) is 10.2 Å². The maximum absolute atomic E-state index is 10.7. The van der Waals surface area contributed by atoms with Crippen molar-refractivity contribution in [2.24, 2.45) is 11.5 Å². The third-order valence-corrected chi connectivity index (χ3v) is 3.36. The first-order valence-corrected chi connectivity index (χ1v) is 7.64. The molecule has 136 valence electrons. The molecule has 0 aromatic rings. The second-order valence-corrected chi connectivity index (χ2v) is 5.31. The lowest BCUT2D eigenvalue weighted by Crippen LogP contribution is -2.34. The molecular formula is C16H23N5O4. The van der Waals surface area contributed by atoms with Gasteiger partial charge < -0.3 is 31.9 Å². The minimum atomic E-state index is -1.00. The van der Waals surface area contributed by atoms with E-state index in [9.17, 15) is 9.59 Å². The highest BCUT2D eigenvalue weighted by molar-refractivity contribution is 5.90. The van der Waals surface area contributed by atoms with Gasteiger partial charge >= 0.3 is 11.9 Å². The molecule has 9 heteroatoms. The van der Waals surface area contributed by atoms with Crippen LogP contribution in [0.25, 0.3) is 0 Å². The molecule has 2 heterocycles. The molecule has 0 spiro atoms. The van der Waals surface area contributed by atoms with E-state index < -0.39 is 18.0 Å². The van der Waals surface area contributed by atoms with Crippen LogP contribution in [-0.2, 0) is 9.59 Å². The second kappa shape index (κ2) is 9.93. The van der Waals surface area contributed by atoms with E-state index in [1.807, 2.05) is 29.3 Å². The molecule has 1 atom stereocenters. The van der Waals surface area contributed by atoms with E-state index in [1.165, 1.54) is 0 Å². The zero-order chi connectivity index (χ0) is 18.8. The smallest absolute Gasteiger partial charge is 0.335 e. The lowest BCUT2D eigenvalue weighted by Gasteiger charge is -2.25. The van der Waals surface area contributed by atoms with E-state index in [0.717, 1.165) is 5.70 Å². The Morgan fingerprint density at radius 1 is 1.36 bits per heavy atom. The van der Waals surface area contributed by atoms with Gasteiger partial charge in [0, 0.05) is 25.0 Å². The summed E-state index contributed by atoms with van der Waals surface area (Å²) in [5.41, 5.74) is 11.5. The van der Waals surface area contributed by atoms with Crippen molar-refractivity contribution in [3.05, 3.63) is 47.9 Å². The van der Waals surface area contributed by atoms with Gasteiger partial charge in [-0.2, -0.15) is 0 Å². The van der Waals surface area contributed by atoms with Gasteiger partial charge in [-0.25, -0.2) is 4.79 Å². The van der Waals surface area contributed by atoms with Crippen molar-refractivity contribution in [2.45, 2.75) is 18.9 Å². The number of rotatable bonds is 6. The molecule has 25 heavy (non-hydrogen) atoms. The number of fused-ring (bicyclic) bond motifs is 1. The average Bonchev–Trinajstić information content (AvgIpc) is 2.58. The van der Waals surface area contributed by atoms with E-state index >= 15 is 0 Å². The molecule has 0 bridgehead atoms. The van der Waals surface area contributed by atoms with Gasteiger partial charge in [-0.05, 0) is 31.1 Å². The summed E-state index contributed by atoms with van der Waals surface area (Å²) in [5.74, 6) is -1.98. The molecule has 0 fully saturated rings. The lowest BCUT2D eigenvalue weighted by atomic mass is 10.1. The number of nitrogens with zero attached hydrogens (tertiary/aromatic N) is 1. The maximum atomic E-state index is 10.7. The van der Waals surface area contributed by atoms with Crippen LogP contribution in [0, 0.1) is 5.41 Å². The standard InChI is InChI=1S/C10H9NO2.C6H14N4O2/c12-10(13)8-4-6-11-5-2-1-3-9(11)7-8;7-4(5(11)12)2-1-3-10-6(8)9/h1-5,7H,6H2,(H,12,13);4H,1-3,7H2,(H,11,12)(H4,8,9,10)/t;4-/m.0/s1. The average molecular weight is 349 g/mol. The summed E-state index contributed by atoms with van der Waals surface area (Å²) < 4.78 is 0. The Hall–Kier alpha value is -3.07. The number of allylic oxidation sites excluding steroid dienone is 3. The van der Waals surface area contributed by atoms with Crippen molar-refractivity contribution >= 4 is 17.9 Å². The van der Waals surface area contributed by atoms with Crippen molar-refractivity contribution < 1.29 is 19.8 Å². The molecule has 2 aliphatic heterocycles. The number of nitrogens with two attached hydrogens (primary N) is 2. The van der Waals surface area contributed by atoms with Crippen molar-refractivity contribution in [3.63, 3.8) is 0 Å². The molecule has 0 saturated heterocycles. The number of guanidine groups is 1. The lowest BCUT2D eigenvalue weighted by molar-refractivity contribution is -0.138. The van der Waals surface area contributed by atoms with Crippen LogP contribution in [0.3, 0.4) is 0 Å². The van der Waals surface area contributed by atoms with Gasteiger partial charge in [0.05, 0.1) is 5.57 Å². The summed E-state index contributed by atoms with van der Waals surface area (Å²) in [4.78, 5) is 22.9. The number of hydrogen-bond acceptors (Lipinski definition) is 5. The molecule has 2 rings (SSSR count). The number of hydrogen-bond donors (Lipinski definition) is 6. The van der Waals surface area contributed by atoms with E-state index in [-0.39, 0.29) is 5.96 Å². The Bertz CT molecular complexity index is 636. The van der Waals surface area contributed by atoms with Crippen LogP contribution in [0.2, 0.25) is 0 Å². The predicted octanol–water partition coefficient (Wildman–Crippen LogP) is -0.0580. The number of aliphatic carboxylic acids is 2. The fraction of sp³-hybridized carbons (Fsp3) is 0.312. The highest BCUT2D eigenvalue weighted by Gasteiger charge is 2.14. The molecule has 9 nitrogen and oxygen atoms in total. The molecule has 0 unspecified atom stereocenters. The Morgan fingerprint density at radius 2 is 2.08 bits per heavy atom. The number of carboxylic acids is 2. The van der Waals surface area contributed by atoms with E-state index in [1.54, 1.807) is 12.2 Å². The van der Waals surface area contributed by atoms with Crippen LogP contribution < -0.4 is 16.8 Å². The summed E-state index contributed by atoms with van der Waals surface area (Å²) in [6, 6.07) is -0.821. The van der Waals surface area contributed by atoms with Gasteiger partial charge in [0.1, 0.15) is 6.04 Å². The van der Waals surface area contributed by atoms with E-state index in [0.29, 0.717) is 31.5 Å². The van der Waals surface area contributed by atoms with Gasteiger partial charge in [0.25, 0.3) is 0 Å². The Labute approximate surface area is 145 Å². The van der Waals surface area contributed by atoms with E-state index in [2.05, 4.69) is 5.32 Å². The summed E-state index contributed by atoms with van der Waals surface area (Å²) in [5, 5.41) is 26.5. The van der Waals surface area contributed by atoms with Gasteiger partial charge in [-0.15, -0.1) is 0 Å². The van der Waals surface area contributed by atoms with Crippen molar-refractivity contribution in [1.29, 1.82) is 5.41 Å². The van der Waals surface area contributed by atoms with Gasteiger partial charge in [-0.3, -0.25) is 10.2 Å². The van der Waals surface area contributed by atoms with Crippen molar-refractivity contribution in [2.75, 3.05) is 13.1 Å². The summed E-state index contributed by atoms with van der Waals surface area (Å²) in [7, 11) is 0. The number of nitrogens with one attached hydrogen (secondary N) is 2. The maximum Gasteiger partial charge on any atom is 0.335 e. The molecule has 0 aromatic heterocycles. The Balaban J connectivity index is 0.000000252. The van der Waals surface area contributed by atoms with Crippen LogP contribution in [0.1, 0.15) is 12.8 Å². The van der Waals surface area contributed by atoms with Gasteiger partial charge in [-0.1, -0.05) is 12.2 Å². The summed E-state index contributed by atoms with van der Waals surface area (Å²) in [6.45, 7) is 1.12. The minimum Gasteiger partial charge on any atom is -0.480 e. The Morgan fingerprint density at radius 3 is 2.68 bits per heavy atom. The minimum absolute atomic E-state index is 0.112. The Kier molecular flexibility index (Phi) is 7.94. The first kappa shape index (κ1) is 20.0. The molecule has 0 aromatic carbocycles. The van der Waals surface area contributed by atoms with Crippen LogP contribution in [0.4, 0.5) is 0 Å². The SMILES string of the molecule is N=C(N)NCCC[C@H](N)C(=O)O.O=C(O)C1=CCN2C=CC=CC2=C1. The third kappa shape index (κ3) is 7.36. The molecule has 0 radical (unpaired) electrons. The largest absolute Gasteiger partial charge is 0.480 e. The van der Waals surface area contributed by atoms with Crippen LogP contribution in [0.5, 0.6) is 0 Å². The fourth-order valence-corrected chi connectivity index (χ4v) is 2.02. The van der Waals surface area contributed by atoms with E-state index in [4.69, 9.17) is 27.1 Å². The zero-order valence-corrected chi connectivity index (χ0v) is 13.7. The highest BCUT2D eigenvalue weighted by Crippen LogP contribution is 2.19. The van der Waals surface area contributed by atoms with Crippen LogP contribution in [0.15, 0.2) is 47.9 Å². The monoisotopic (exact) mass is 349 g/mol. The normalized spacial score (nSPS) is 15.8. The molecule has 2 aliphatic rings. The summed E-state index contributed by atoms with van der Waals surface area (Å²) >= 11 is 0. The quantitative estimate of drug-likeness (QED) is 0.220. The van der Waals surface area contributed by atoms with Gasteiger partial charge in [0.15, 0.2) is 5.96 Å². The molecule has 0 amide bonds. The van der Waals surface area contributed by atoms with Crippen molar-refractivity contribution in [3.8, 4) is 0 Å². The first-order chi connectivity index (χ1) is 11.8. The topological polar surface area (TPSA) is 166 Å². The molecular weight excluding hydrogens is 326 g/mol. The number of carbonyl (C=O) groups is 2. The zero-order valence-electron chi connectivity index (χ0n) is 13.7. The second-order valence-electron chi connectivity index (χ2n) is 5.31. The molecule has 8 N–H and O–H groups in total. The molecule has 0 saturated carbocycles. The fourth-order valence-electron chi connectivity index (χ4n) is 2.02. The predicted molar refractivity (Wildman–Crippen MR) is 93.5 cm³/mol. The van der Waals surface area contributed by atoms with Crippen LogP contribution in [-0.4, -0.2) is 52.1 Å². The third-order valence-electron chi connectivity index (χ3n) is 3.36. The number of carboxylic acid groups (broad SMARTS) is 2.